The molecule has 1 aromatic carbocycles. The third-order valence-electron chi connectivity index (χ3n) is 18.8. The summed E-state index contributed by atoms with van der Waals surface area (Å²) in [7, 11) is 9.88. The number of ether oxygens (including phenoxy) is 1. The molecule has 0 aliphatic carbocycles. The Morgan fingerprint density at radius 3 is 1.43 bits per heavy atom. The number of hydrogen-bond donors (Lipinski definition) is 7. The Kier molecular flexibility index (Phi) is 37.4. The average Bonchev–Trinajstić information content (AvgIpc) is 0.808. The van der Waals surface area contributed by atoms with E-state index in [0.29, 0.717) is 18.7 Å². The van der Waals surface area contributed by atoms with E-state index in [1.807, 2.05) is 55.4 Å². The van der Waals surface area contributed by atoms with Gasteiger partial charge in [0.2, 0.25) is 65.0 Å². The van der Waals surface area contributed by atoms with E-state index in [-0.39, 0.29) is 87.3 Å². The highest BCUT2D eigenvalue weighted by Crippen LogP contribution is 2.27. The van der Waals surface area contributed by atoms with Crippen LogP contribution in [-0.4, -0.2) is 258 Å². The fraction of sp³-hybridized carbons (Fsp3) is 0.730. The lowest BCUT2D eigenvalue weighted by Gasteiger charge is -2.41. The Labute approximate surface area is 602 Å². The van der Waals surface area contributed by atoms with Gasteiger partial charge in [0, 0.05) is 74.4 Å². The van der Waals surface area contributed by atoms with Gasteiger partial charge in [0.25, 0.3) is 5.91 Å². The average molecular weight is 1420 g/mol. The molecule has 0 bridgehead atoms. The van der Waals surface area contributed by atoms with Gasteiger partial charge in [-0.1, -0.05) is 121 Å². The Bertz CT molecular complexity index is 2960. The predicted octanol–water partition coefficient (Wildman–Crippen LogP) is 3.59. The van der Waals surface area contributed by atoms with E-state index in [4.69, 9.17) is 10.5 Å². The Morgan fingerprint density at radius 1 is 0.515 bits per heavy atom. The topological polar surface area (TPSA) is 343 Å². The minimum Gasteiger partial charge on any atom is -0.390 e. The first-order chi connectivity index (χ1) is 47.0. The molecular weight excluding hydrogens is 1290 g/mol. The zero-order valence-electron chi connectivity index (χ0n) is 65.2. The third-order valence-corrected chi connectivity index (χ3v) is 18.8. The summed E-state index contributed by atoms with van der Waals surface area (Å²) < 4.78 is 5.40. The quantitative estimate of drug-likeness (QED) is 0.0608. The number of aliphatic hydroxyl groups excluding tert-OH is 1. The Morgan fingerprint density at radius 2 is 0.950 bits per heavy atom. The second-order valence-electron chi connectivity index (χ2n) is 29.9. The highest BCUT2D eigenvalue weighted by molar-refractivity contribution is 6.00. The molecule has 27 nitrogen and oxygen atoms in total. The Balaban J connectivity index is 3.17. The molecule has 1 saturated heterocycles. The lowest BCUT2D eigenvalue weighted by molar-refractivity contribution is -0.157. The van der Waals surface area contributed by atoms with Crippen LogP contribution >= 0.6 is 0 Å². The van der Waals surface area contributed by atoms with E-state index in [9.17, 15) is 29.1 Å². The minimum absolute atomic E-state index is 0.0666. The minimum atomic E-state index is -1.69. The van der Waals surface area contributed by atoms with Crippen molar-refractivity contribution < 1.29 is 67.4 Å². The number of rotatable bonds is 23. The van der Waals surface area contributed by atoms with Crippen LogP contribution in [0.2, 0.25) is 0 Å². The number of amides is 12. The molecule has 1 fully saturated rings. The van der Waals surface area contributed by atoms with E-state index in [0.717, 1.165) is 4.90 Å². The number of carbonyl (C=O) groups is 12. The number of likely N-dealkylation sites (N-methyl/N-ethyl adjacent to an activating group) is 7. The number of aliphatic hydroxyl groups is 1. The molecule has 101 heavy (non-hydrogen) atoms. The number of nitrogens with one attached hydrogen (secondary N) is 5. The molecule has 1 heterocycles. The second-order valence-corrected chi connectivity index (χ2v) is 29.9. The van der Waals surface area contributed by atoms with E-state index >= 15 is 33.6 Å². The summed E-state index contributed by atoms with van der Waals surface area (Å²) >= 11 is 0. The van der Waals surface area contributed by atoms with Gasteiger partial charge in [-0.15, -0.1) is 0 Å². The number of benzene rings is 1. The Hall–Kier alpha value is -7.52. The fourth-order valence-electron chi connectivity index (χ4n) is 12.6. The van der Waals surface area contributed by atoms with Gasteiger partial charge in [-0.05, 0) is 118 Å². The van der Waals surface area contributed by atoms with Crippen molar-refractivity contribution in [2.45, 2.75) is 235 Å². The zero-order valence-corrected chi connectivity index (χ0v) is 65.2. The van der Waals surface area contributed by atoms with E-state index in [1.165, 1.54) is 92.6 Å². The summed E-state index contributed by atoms with van der Waals surface area (Å²) in [6.45, 7) is 30.8. The summed E-state index contributed by atoms with van der Waals surface area (Å²) in [6, 6.07) is -8.07. The molecule has 13 atom stereocenters. The second kappa shape index (κ2) is 42.2. The van der Waals surface area contributed by atoms with Crippen molar-refractivity contribution in [1.29, 1.82) is 0 Å². The molecule has 2 rings (SSSR count). The molecule has 1 aliphatic rings. The lowest BCUT2D eigenvalue weighted by atomic mass is 9.91. The molecule has 572 valence electrons. The summed E-state index contributed by atoms with van der Waals surface area (Å²) in [5.74, 6) is -11.0. The number of nitrogens with zero attached hydrogens (tertiary/aromatic N) is 7. The van der Waals surface area contributed by atoms with Gasteiger partial charge in [0.1, 0.15) is 66.5 Å². The molecule has 1 aromatic rings. The van der Waals surface area contributed by atoms with Crippen molar-refractivity contribution in [1.82, 2.24) is 60.9 Å². The van der Waals surface area contributed by atoms with Gasteiger partial charge in [-0.3, -0.25) is 57.5 Å². The number of carbonyl (C=O) groups excluding carboxylic acids is 12. The van der Waals surface area contributed by atoms with Gasteiger partial charge < -0.3 is 76.5 Å². The molecule has 1 aliphatic heterocycles. The van der Waals surface area contributed by atoms with Crippen LogP contribution < -0.4 is 32.3 Å². The molecule has 0 radical (unpaired) electrons. The molecule has 8 N–H and O–H groups in total. The van der Waals surface area contributed by atoms with Crippen LogP contribution in [-0.2, 0) is 63.9 Å². The number of nitrogens with two attached hydrogens (primary N) is 1. The van der Waals surface area contributed by atoms with Crippen molar-refractivity contribution in [3.8, 4) is 0 Å². The van der Waals surface area contributed by atoms with Crippen molar-refractivity contribution >= 4 is 70.9 Å². The molecule has 0 saturated carbocycles. The highest BCUT2D eigenvalue weighted by Gasteiger charge is 2.46. The van der Waals surface area contributed by atoms with Crippen LogP contribution in [0, 0.1) is 41.4 Å². The van der Waals surface area contributed by atoms with Crippen LogP contribution in [0.1, 0.15) is 172 Å². The van der Waals surface area contributed by atoms with Crippen molar-refractivity contribution in [3.05, 3.63) is 47.5 Å². The van der Waals surface area contributed by atoms with Gasteiger partial charge in [-0.25, -0.2) is 0 Å². The number of hydrogen-bond acceptors (Lipinski definition) is 15. The summed E-state index contributed by atoms with van der Waals surface area (Å²) in [6.07, 6.45) is 2.45. The molecule has 0 spiro atoms. The first-order valence-electron chi connectivity index (χ1n) is 36.1. The third kappa shape index (κ3) is 25.7. The summed E-state index contributed by atoms with van der Waals surface area (Å²) in [4.78, 5) is 187. The monoisotopic (exact) mass is 1420 g/mol. The van der Waals surface area contributed by atoms with Crippen LogP contribution in [0.25, 0.3) is 0 Å². The van der Waals surface area contributed by atoms with Gasteiger partial charge in [-0.2, -0.15) is 0 Å². The lowest BCUT2D eigenvalue weighted by Crippen LogP contribution is -2.64. The summed E-state index contributed by atoms with van der Waals surface area (Å²) in [5.41, 5.74) is 6.31. The smallest absolute Gasteiger partial charge is 0.251 e. The van der Waals surface area contributed by atoms with Crippen LogP contribution in [0.15, 0.2) is 36.4 Å². The standard InChI is InChI=1S/C74H127N13O14/c1-25-27-28-48(15)62(88)61-67(93)79-53(26-2)69(95)84(21)58(41-51-29-31-52(32-30-51)64(90)76-34-36-101-35-33-75)71(97)81(18)55(38-43(5)6)66(92)80-59(46(11)12)73(99)82(19)54(37-42(3)4)65(91)77-49(16)63(89)78-50(17)68(94)83(20)56(39-44(7)8)70(96)85(22)57(40-45(9)10)72(98)86(23)60(47(13)14)74(100)87(61)24/h25,27,29-32,42-50,53-62,88H,26,28,33-41,75H2,1-24H3,(H,76,90)(H,77,91)(H,78,89)(H,79,93)(H,80,92). The normalized spacial score (nSPS) is 25.2. The molecule has 12 amide bonds. The predicted molar refractivity (Wildman–Crippen MR) is 390 cm³/mol. The molecule has 13 unspecified atom stereocenters. The van der Waals surface area contributed by atoms with E-state index in [2.05, 4.69) is 26.6 Å². The van der Waals surface area contributed by atoms with Gasteiger partial charge in [0.15, 0.2) is 0 Å². The maximum absolute atomic E-state index is 15.6. The van der Waals surface area contributed by atoms with Crippen molar-refractivity contribution in [2.75, 3.05) is 75.6 Å². The zero-order chi connectivity index (χ0) is 77.4. The SMILES string of the molecule is CC=CCC(C)C(O)C1C(=O)NC(CC)C(=O)N(C)C(Cc2ccc(C(=O)NCCOCCN)cc2)C(=O)N(C)C(CC(C)C)C(=O)NC(C(C)C)C(=O)N(C)C(CC(C)C)C(=O)NC(C)C(=O)NC(C)C(=O)N(C)C(CC(C)C)C(=O)N(C)C(CC(C)C)C(=O)N(C)C(C(C)C)C(=O)N1C. The van der Waals surface area contributed by atoms with Gasteiger partial charge >= 0.3 is 0 Å². The molecule has 27 heteroatoms. The van der Waals surface area contributed by atoms with Crippen LogP contribution in [0.4, 0.5) is 0 Å². The fourth-order valence-corrected chi connectivity index (χ4v) is 12.6. The highest BCUT2D eigenvalue weighted by atomic mass is 16.5. The van der Waals surface area contributed by atoms with Crippen LogP contribution in [0.3, 0.4) is 0 Å². The number of allylic oxidation sites excluding steroid dienone is 2. The maximum Gasteiger partial charge on any atom is 0.251 e. The molecular formula is C74H127N13O14. The van der Waals surface area contributed by atoms with Crippen molar-refractivity contribution in [3.63, 3.8) is 0 Å². The summed E-state index contributed by atoms with van der Waals surface area (Å²) in [5, 5.41) is 26.3. The van der Waals surface area contributed by atoms with Crippen molar-refractivity contribution in [2.24, 2.45) is 47.2 Å². The molecule has 0 aromatic heterocycles. The van der Waals surface area contributed by atoms with E-state index < -0.39 is 161 Å². The maximum atomic E-state index is 15.6. The van der Waals surface area contributed by atoms with E-state index in [1.54, 1.807) is 84.9 Å². The largest absolute Gasteiger partial charge is 0.390 e. The van der Waals surface area contributed by atoms with Gasteiger partial charge in [0.05, 0.1) is 19.3 Å². The first-order valence-corrected chi connectivity index (χ1v) is 36.1. The van der Waals surface area contributed by atoms with Crippen LogP contribution in [0.5, 0.6) is 0 Å². The first kappa shape index (κ1) is 89.6.